The highest BCUT2D eigenvalue weighted by Gasteiger charge is 2.32. The lowest BCUT2D eigenvalue weighted by atomic mass is 9.79. The summed E-state index contributed by atoms with van der Waals surface area (Å²) in [4.78, 5) is 9.78. The number of primary sulfonamides is 1. The zero-order chi connectivity index (χ0) is 29.0. The summed E-state index contributed by atoms with van der Waals surface area (Å²) in [5, 5.41) is 20.9. The molecule has 0 saturated carbocycles. The van der Waals surface area contributed by atoms with Gasteiger partial charge >= 0.3 is 0 Å². The fraction of sp³-hybridized carbons (Fsp3) is 0.312. The van der Waals surface area contributed by atoms with Crippen LogP contribution in [0.25, 0.3) is 10.1 Å². The van der Waals surface area contributed by atoms with E-state index in [1.165, 1.54) is 33.3 Å². The summed E-state index contributed by atoms with van der Waals surface area (Å²) in [5.74, 6) is 2.06. The maximum atomic E-state index is 11.8. The van der Waals surface area contributed by atoms with Crippen molar-refractivity contribution in [2.45, 2.75) is 50.8 Å². The Labute approximate surface area is 245 Å². The molecule has 0 radical (unpaired) electrons. The van der Waals surface area contributed by atoms with Gasteiger partial charge in [0, 0.05) is 23.6 Å². The first-order valence-corrected chi connectivity index (χ1v) is 16.4. The van der Waals surface area contributed by atoms with Gasteiger partial charge in [0.15, 0.2) is 0 Å². The van der Waals surface area contributed by atoms with Crippen LogP contribution in [0.3, 0.4) is 0 Å². The van der Waals surface area contributed by atoms with Gasteiger partial charge in [-0.05, 0) is 77.9 Å². The summed E-state index contributed by atoms with van der Waals surface area (Å²) in [5.41, 5.74) is 3.36. The van der Waals surface area contributed by atoms with Crippen LogP contribution in [0.15, 0.2) is 87.7 Å². The van der Waals surface area contributed by atoms with Crippen molar-refractivity contribution in [3.63, 3.8) is 0 Å². The van der Waals surface area contributed by atoms with E-state index in [1.54, 1.807) is 17.4 Å². The minimum absolute atomic E-state index is 0.239. The molecule has 7 nitrogen and oxygen atoms in total. The van der Waals surface area contributed by atoms with Gasteiger partial charge in [-0.3, -0.25) is 4.99 Å². The highest BCUT2D eigenvalue weighted by atomic mass is 32.2. The largest absolute Gasteiger partial charge is 0.507 e. The normalized spacial score (nSPS) is 19.6. The van der Waals surface area contributed by atoms with Crippen molar-refractivity contribution in [2.75, 3.05) is 6.54 Å². The number of nitrogens with two attached hydrogens (primary N) is 1. The molecule has 214 valence electrons. The van der Waals surface area contributed by atoms with E-state index >= 15 is 0 Å². The number of phenols is 1. The van der Waals surface area contributed by atoms with Gasteiger partial charge in [-0.25, -0.2) is 18.5 Å². The average molecular weight is 589 g/mol. The van der Waals surface area contributed by atoms with Gasteiger partial charge in [-0.1, -0.05) is 62.4 Å². The number of rotatable bonds is 9. The number of hydrogen-bond donors (Lipinski definition) is 3. The first-order valence-electron chi connectivity index (χ1n) is 14.0. The monoisotopic (exact) mass is 588 g/mol. The van der Waals surface area contributed by atoms with E-state index in [-0.39, 0.29) is 16.6 Å². The lowest BCUT2D eigenvalue weighted by Gasteiger charge is -2.34. The van der Waals surface area contributed by atoms with Crippen LogP contribution in [0, 0.1) is 11.8 Å². The molecule has 41 heavy (non-hydrogen) atoms. The Kier molecular flexibility index (Phi) is 8.87. The molecule has 1 aromatic heterocycles. The third-order valence-electron chi connectivity index (χ3n) is 7.67. The summed E-state index contributed by atoms with van der Waals surface area (Å²) in [6.45, 7) is 4.82. The first kappa shape index (κ1) is 29.0. The van der Waals surface area contributed by atoms with Gasteiger partial charge in [0.25, 0.3) is 0 Å². The van der Waals surface area contributed by atoms with Crippen molar-refractivity contribution in [1.29, 1.82) is 0 Å². The number of hydrogen-bond acceptors (Lipinski definition) is 6. The van der Waals surface area contributed by atoms with E-state index < -0.39 is 10.0 Å². The molecule has 0 bridgehead atoms. The van der Waals surface area contributed by atoms with Crippen LogP contribution in [0.2, 0.25) is 0 Å². The molecule has 0 spiro atoms. The number of sulfonamides is 1. The summed E-state index contributed by atoms with van der Waals surface area (Å²) >= 11 is 1.71. The third kappa shape index (κ3) is 7.04. The van der Waals surface area contributed by atoms with Gasteiger partial charge in [-0.2, -0.15) is 0 Å². The second-order valence-corrected chi connectivity index (χ2v) is 13.1. The number of phenolic OH excluding ortho intramolecular Hbond substituents is 1. The van der Waals surface area contributed by atoms with Crippen LogP contribution in [0.1, 0.15) is 43.4 Å². The minimum atomic E-state index is -4.02. The minimum Gasteiger partial charge on any atom is -0.507 e. The van der Waals surface area contributed by atoms with E-state index in [2.05, 4.69) is 67.7 Å². The molecule has 1 fully saturated rings. The van der Waals surface area contributed by atoms with Crippen molar-refractivity contribution in [3.05, 3.63) is 89.5 Å². The molecule has 3 aromatic carbocycles. The zero-order valence-electron chi connectivity index (χ0n) is 23.4. The molecular formula is C32H36N4O3S2. The van der Waals surface area contributed by atoms with E-state index in [9.17, 15) is 13.5 Å². The summed E-state index contributed by atoms with van der Waals surface area (Å²) in [6, 6.07) is 23.8. The molecule has 0 amide bonds. The molecule has 1 aliphatic heterocycles. The van der Waals surface area contributed by atoms with Crippen LogP contribution in [0.4, 0.5) is 5.00 Å². The predicted octanol–water partition coefficient (Wildman–Crippen LogP) is 6.37. The molecule has 1 saturated heterocycles. The summed E-state index contributed by atoms with van der Waals surface area (Å²) in [7, 11) is -4.02. The Balaban J connectivity index is 1.43. The van der Waals surface area contributed by atoms with E-state index in [0.29, 0.717) is 18.9 Å². The second kappa shape index (κ2) is 12.5. The molecule has 1 aliphatic rings. The van der Waals surface area contributed by atoms with Gasteiger partial charge in [0.1, 0.15) is 27.3 Å². The number of nitrogens with one attached hydrogen (secondary N) is 1. The highest BCUT2D eigenvalue weighted by molar-refractivity contribution is 7.89. The lowest BCUT2D eigenvalue weighted by Crippen LogP contribution is -2.46. The number of piperidine rings is 1. The average Bonchev–Trinajstić information content (AvgIpc) is 3.35. The van der Waals surface area contributed by atoms with Gasteiger partial charge < -0.3 is 10.4 Å². The smallest absolute Gasteiger partial charge is 0.241 e. The van der Waals surface area contributed by atoms with Gasteiger partial charge in [0.05, 0.1) is 0 Å². The van der Waals surface area contributed by atoms with Crippen LogP contribution in [0.5, 0.6) is 5.75 Å². The van der Waals surface area contributed by atoms with Crippen LogP contribution >= 0.6 is 11.3 Å². The Morgan fingerprint density at radius 1 is 1.00 bits per heavy atom. The summed E-state index contributed by atoms with van der Waals surface area (Å²) < 4.78 is 24.9. The number of benzene rings is 3. The third-order valence-corrected chi connectivity index (χ3v) is 9.60. The number of amidine groups is 2. The van der Waals surface area contributed by atoms with E-state index in [1.807, 2.05) is 6.07 Å². The Morgan fingerprint density at radius 3 is 2.51 bits per heavy atom. The maximum absolute atomic E-state index is 11.8. The number of thiophene rings is 1. The fourth-order valence-electron chi connectivity index (χ4n) is 5.51. The molecular weight excluding hydrogens is 553 g/mol. The molecule has 2 unspecified atom stereocenters. The Bertz CT molecular complexity index is 1690. The number of fused-ring (bicyclic) bond motifs is 1. The lowest BCUT2D eigenvalue weighted by molar-refractivity contribution is 0.396. The summed E-state index contributed by atoms with van der Waals surface area (Å²) in [6.07, 6.45) is 4.22. The van der Waals surface area contributed by atoms with Crippen molar-refractivity contribution >= 4 is 48.1 Å². The van der Waals surface area contributed by atoms with Crippen molar-refractivity contribution in [1.82, 2.24) is 5.32 Å². The van der Waals surface area contributed by atoms with E-state index in [0.717, 1.165) is 47.9 Å². The molecule has 4 aromatic rings. The fourth-order valence-corrected chi connectivity index (χ4v) is 7.21. The number of nitrogens with zero attached hydrogens (tertiary/aromatic N) is 2. The number of aliphatic imine (C=N–C) groups is 2. The molecule has 0 aliphatic carbocycles. The predicted molar refractivity (Wildman–Crippen MR) is 169 cm³/mol. The number of aromatic hydroxyl groups is 1. The quantitative estimate of drug-likeness (QED) is 0.211. The molecule has 5 rings (SSSR count). The maximum Gasteiger partial charge on any atom is 0.241 e. The molecule has 2 heterocycles. The van der Waals surface area contributed by atoms with Crippen molar-refractivity contribution in [3.8, 4) is 5.75 Å². The van der Waals surface area contributed by atoms with Crippen molar-refractivity contribution < 1.29 is 13.5 Å². The highest BCUT2D eigenvalue weighted by Crippen LogP contribution is 2.35. The SMILES string of the molecule is CCc1ccc2cc(N=C3CC(Cc4ccccc4)C(CC)C(=NCCc4ccc(O)c(S(N)(=O)=O)c4)N3)sc2c1. The van der Waals surface area contributed by atoms with Crippen molar-refractivity contribution in [2.24, 2.45) is 27.0 Å². The van der Waals surface area contributed by atoms with Crippen LogP contribution in [-0.2, 0) is 29.3 Å². The van der Waals surface area contributed by atoms with Gasteiger partial charge in [-0.15, -0.1) is 11.3 Å². The second-order valence-electron chi connectivity index (χ2n) is 10.5. The Morgan fingerprint density at radius 2 is 1.78 bits per heavy atom. The van der Waals surface area contributed by atoms with Crippen LogP contribution < -0.4 is 10.5 Å². The topological polar surface area (TPSA) is 117 Å². The molecule has 9 heteroatoms. The van der Waals surface area contributed by atoms with E-state index in [4.69, 9.17) is 15.1 Å². The van der Waals surface area contributed by atoms with Gasteiger partial charge in [0.2, 0.25) is 10.0 Å². The standard InChI is InChI=1S/C32H36N4O3S2/c1-3-21-10-12-24-20-31(40-28(24)17-21)35-30-19-25(16-22-8-6-5-7-9-22)26(4-2)32(36-30)34-15-14-23-11-13-27(37)29(18-23)41(33,38)39/h5-13,17-18,20,25-26,37H,3-4,14-16,19H2,1-2H3,(H2,33,38,39)(H,34,35,36). The molecule has 2 atom stereocenters. The first-order chi connectivity index (χ1) is 19.7. The zero-order valence-corrected chi connectivity index (χ0v) is 25.0. The number of aryl methyl sites for hydroxylation is 1. The Hall–Kier alpha value is -3.53. The van der Waals surface area contributed by atoms with Crippen LogP contribution in [-0.4, -0.2) is 31.7 Å². The molecule has 4 N–H and O–H groups in total.